The van der Waals surface area contributed by atoms with Gasteiger partial charge in [-0.15, -0.1) is 0 Å². The van der Waals surface area contributed by atoms with Gasteiger partial charge >= 0.3 is 0 Å². The average molecular weight is 389 g/mol. The second kappa shape index (κ2) is 11.1. The smallest absolute Gasteiger partial charge is 0.239 e. The van der Waals surface area contributed by atoms with Crippen LogP contribution in [-0.4, -0.2) is 39.1 Å². The summed E-state index contributed by atoms with van der Waals surface area (Å²) in [5.41, 5.74) is 2.07. The molecule has 0 aliphatic rings. The van der Waals surface area contributed by atoms with Crippen LogP contribution in [0.1, 0.15) is 11.1 Å². The van der Waals surface area contributed by atoms with Crippen molar-refractivity contribution in [2.75, 3.05) is 27.2 Å². The van der Waals surface area contributed by atoms with E-state index in [-0.39, 0.29) is 12.5 Å². The lowest BCUT2D eigenvalue weighted by Crippen LogP contribution is -2.43. The van der Waals surface area contributed by atoms with E-state index in [0.717, 1.165) is 23.3 Å². The minimum atomic E-state index is -0.0972. The Bertz CT molecular complexity index is 766. The first-order valence-electron chi connectivity index (χ1n) is 8.70. The molecule has 0 aromatic heterocycles. The van der Waals surface area contributed by atoms with Gasteiger partial charge < -0.3 is 20.7 Å². The summed E-state index contributed by atoms with van der Waals surface area (Å²) in [6.07, 6.45) is 0.726. The maximum atomic E-state index is 12.0. The Kier molecular flexibility index (Phi) is 8.45. The van der Waals surface area contributed by atoms with Crippen LogP contribution < -0.4 is 20.7 Å². The summed E-state index contributed by atoms with van der Waals surface area (Å²) in [5, 5.41) is 9.70. The lowest BCUT2D eigenvalue weighted by molar-refractivity contribution is -0.120. The predicted molar refractivity (Wildman–Crippen MR) is 109 cm³/mol. The molecule has 0 bridgehead atoms. The van der Waals surface area contributed by atoms with Crippen molar-refractivity contribution in [1.82, 2.24) is 16.0 Å². The van der Waals surface area contributed by atoms with E-state index in [1.165, 1.54) is 0 Å². The van der Waals surface area contributed by atoms with E-state index in [4.69, 9.17) is 16.3 Å². The summed E-state index contributed by atoms with van der Waals surface area (Å²) in [5.74, 6) is 1.20. The summed E-state index contributed by atoms with van der Waals surface area (Å²) in [7, 11) is 3.27. The number of rotatable bonds is 8. The Morgan fingerprint density at radius 2 is 1.89 bits per heavy atom. The number of carbonyl (C=O) groups excluding carboxylic acids is 1. The highest BCUT2D eigenvalue weighted by molar-refractivity contribution is 6.31. The van der Waals surface area contributed by atoms with E-state index in [2.05, 4.69) is 20.9 Å². The molecule has 2 aromatic carbocycles. The quantitative estimate of drug-likeness (QED) is 0.479. The van der Waals surface area contributed by atoms with Gasteiger partial charge in [0.2, 0.25) is 5.91 Å². The summed E-state index contributed by atoms with van der Waals surface area (Å²) >= 11 is 6.24. The van der Waals surface area contributed by atoms with Gasteiger partial charge in [-0.1, -0.05) is 48.0 Å². The zero-order chi connectivity index (χ0) is 19.5. The SMILES string of the molecule is CN=C(NCCc1ccc(OC)cc1Cl)NCC(=O)NCc1ccccc1. The molecule has 0 aliphatic heterocycles. The molecule has 0 saturated carbocycles. The first kappa shape index (κ1) is 20.6. The number of carbonyl (C=O) groups is 1. The van der Waals surface area contributed by atoms with Crippen LogP contribution >= 0.6 is 11.6 Å². The molecule has 2 aromatic rings. The summed E-state index contributed by atoms with van der Waals surface area (Å²) in [4.78, 5) is 16.1. The molecule has 7 heteroatoms. The molecule has 0 aliphatic carbocycles. The highest BCUT2D eigenvalue weighted by Crippen LogP contribution is 2.22. The van der Waals surface area contributed by atoms with Crippen LogP contribution in [0, 0.1) is 0 Å². The van der Waals surface area contributed by atoms with Crippen LogP contribution in [0.25, 0.3) is 0 Å². The largest absolute Gasteiger partial charge is 0.497 e. The lowest BCUT2D eigenvalue weighted by Gasteiger charge is -2.13. The minimum absolute atomic E-state index is 0.0972. The van der Waals surface area contributed by atoms with Crippen molar-refractivity contribution in [3.63, 3.8) is 0 Å². The first-order chi connectivity index (χ1) is 13.1. The lowest BCUT2D eigenvalue weighted by atomic mass is 10.1. The zero-order valence-electron chi connectivity index (χ0n) is 15.6. The fourth-order valence-electron chi connectivity index (χ4n) is 2.42. The monoisotopic (exact) mass is 388 g/mol. The van der Waals surface area contributed by atoms with Crippen LogP contribution in [0.2, 0.25) is 5.02 Å². The Morgan fingerprint density at radius 3 is 2.56 bits per heavy atom. The number of hydrogen-bond acceptors (Lipinski definition) is 3. The van der Waals surface area contributed by atoms with Gasteiger partial charge in [-0.05, 0) is 29.7 Å². The van der Waals surface area contributed by atoms with Gasteiger partial charge in [0.1, 0.15) is 5.75 Å². The van der Waals surface area contributed by atoms with Crippen molar-refractivity contribution >= 4 is 23.5 Å². The highest BCUT2D eigenvalue weighted by Gasteiger charge is 2.05. The number of nitrogens with zero attached hydrogens (tertiary/aromatic N) is 1. The molecule has 1 amide bonds. The third-order valence-electron chi connectivity index (χ3n) is 3.92. The normalized spacial score (nSPS) is 11.0. The molecule has 0 atom stereocenters. The maximum absolute atomic E-state index is 12.0. The molecule has 0 fully saturated rings. The molecule has 0 spiro atoms. The molecule has 0 heterocycles. The van der Waals surface area contributed by atoms with Gasteiger partial charge in [0.05, 0.1) is 13.7 Å². The molecule has 27 heavy (non-hydrogen) atoms. The van der Waals surface area contributed by atoms with E-state index in [1.54, 1.807) is 20.2 Å². The molecule has 3 N–H and O–H groups in total. The molecule has 0 saturated heterocycles. The van der Waals surface area contributed by atoms with Crippen LogP contribution in [0.15, 0.2) is 53.5 Å². The highest BCUT2D eigenvalue weighted by atomic mass is 35.5. The number of aliphatic imine (C=N–C) groups is 1. The van der Waals surface area contributed by atoms with E-state index in [9.17, 15) is 4.79 Å². The fraction of sp³-hybridized carbons (Fsp3) is 0.300. The van der Waals surface area contributed by atoms with Crippen LogP contribution in [0.5, 0.6) is 5.75 Å². The van der Waals surface area contributed by atoms with Gasteiger partial charge in [0, 0.05) is 25.2 Å². The van der Waals surface area contributed by atoms with Crippen molar-refractivity contribution in [2.24, 2.45) is 4.99 Å². The van der Waals surface area contributed by atoms with Crippen molar-refractivity contribution in [1.29, 1.82) is 0 Å². The van der Waals surface area contributed by atoms with Gasteiger partial charge in [0.25, 0.3) is 0 Å². The number of amides is 1. The Labute approximate surface area is 165 Å². The number of methoxy groups -OCH3 is 1. The number of halogens is 1. The first-order valence-corrected chi connectivity index (χ1v) is 9.07. The Morgan fingerprint density at radius 1 is 1.11 bits per heavy atom. The van der Waals surface area contributed by atoms with E-state index in [1.807, 2.05) is 42.5 Å². The average Bonchev–Trinajstić information content (AvgIpc) is 2.70. The number of hydrogen-bond donors (Lipinski definition) is 3. The number of guanidine groups is 1. The topological polar surface area (TPSA) is 74.8 Å². The molecule has 0 unspecified atom stereocenters. The van der Waals surface area contributed by atoms with Gasteiger partial charge in [0.15, 0.2) is 5.96 Å². The second-order valence-electron chi connectivity index (χ2n) is 5.82. The molecule has 0 radical (unpaired) electrons. The molecule has 6 nitrogen and oxygen atoms in total. The van der Waals surface area contributed by atoms with Crippen molar-refractivity contribution in [3.8, 4) is 5.75 Å². The van der Waals surface area contributed by atoms with Gasteiger partial charge in [-0.25, -0.2) is 0 Å². The maximum Gasteiger partial charge on any atom is 0.239 e. The molecular weight excluding hydrogens is 364 g/mol. The minimum Gasteiger partial charge on any atom is -0.497 e. The number of ether oxygens (including phenoxy) is 1. The van der Waals surface area contributed by atoms with E-state index >= 15 is 0 Å². The van der Waals surface area contributed by atoms with E-state index in [0.29, 0.717) is 24.1 Å². The fourth-order valence-corrected chi connectivity index (χ4v) is 2.68. The second-order valence-corrected chi connectivity index (χ2v) is 6.23. The van der Waals surface area contributed by atoms with Crippen LogP contribution in [0.3, 0.4) is 0 Å². The van der Waals surface area contributed by atoms with Crippen molar-refractivity contribution in [2.45, 2.75) is 13.0 Å². The van der Waals surface area contributed by atoms with Gasteiger partial charge in [-0.3, -0.25) is 9.79 Å². The number of benzene rings is 2. The third-order valence-corrected chi connectivity index (χ3v) is 4.27. The molecular formula is C20H25ClN4O2. The molecule has 144 valence electrons. The predicted octanol–water partition coefficient (Wildman–Crippen LogP) is 2.37. The number of nitrogens with one attached hydrogen (secondary N) is 3. The Balaban J connectivity index is 1.70. The van der Waals surface area contributed by atoms with Crippen LogP contribution in [-0.2, 0) is 17.8 Å². The van der Waals surface area contributed by atoms with Crippen molar-refractivity contribution in [3.05, 3.63) is 64.7 Å². The van der Waals surface area contributed by atoms with Crippen LogP contribution in [0.4, 0.5) is 0 Å². The van der Waals surface area contributed by atoms with Gasteiger partial charge in [-0.2, -0.15) is 0 Å². The summed E-state index contributed by atoms with van der Waals surface area (Å²) in [6.45, 7) is 1.29. The zero-order valence-corrected chi connectivity index (χ0v) is 16.3. The Hall–Kier alpha value is -2.73. The third kappa shape index (κ3) is 7.19. The summed E-state index contributed by atoms with van der Waals surface area (Å²) in [6, 6.07) is 15.4. The van der Waals surface area contributed by atoms with Crippen molar-refractivity contribution < 1.29 is 9.53 Å². The standard InChI is InChI=1S/C20H25ClN4O2/c1-22-20(23-11-10-16-8-9-17(27-2)12-18(16)21)25-14-19(26)24-13-15-6-4-3-5-7-15/h3-9,12H,10-11,13-14H2,1-2H3,(H,24,26)(H2,22,23,25). The molecule has 2 rings (SSSR count). The summed E-state index contributed by atoms with van der Waals surface area (Å²) < 4.78 is 5.15. The van der Waals surface area contributed by atoms with E-state index < -0.39 is 0 Å².